The Morgan fingerprint density at radius 1 is 1.33 bits per heavy atom. The van der Waals surface area contributed by atoms with Crippen LogP contribution in [0.2, 0.25) is 0 Å². The first-order valence-electron chi connectivity index (χ1n) is 11.1. The minimum atomic E-state index is -0.326. The zero-order valence-electron chi connectivity index (χ0n) is 19.1. The number of rotatable bonds is 7. The van der Waals surface area contributed by atoms with Crippen molar-refractivity contribution in [3.8, 4) is 5.75 Å². The number of carbonyl (C=O) groups is 3. The molecule has 2 amide bonds. The van der Waals surface area contributed by atoms with E-state index >= 15 is 0 Å². The van der Waals surface area contributed by atoms with Gasteiger partial charge in [-0.25, -0.2) is 4.98 Å². The van der Waals surface area contributed by atoms with E-state index in [2.05, 4.69) is 10.6 Å². The van der Waals surface area contributed by atoms with E-state index in [-0.39, 0.29) is 29.6 Å². The van der Waals surface area contributed by atoms with Crippen molar-refractivity contribution in [3.63, 3.8) is 0 Å². The molecule has 0 saturated heterocycles. The van der Waals surface area contributed by atoms with E-state index in [1.807, 2.05) is 30.9 Å². The molecule has 0 saturated carbocycles. The zero-order chi connectivity index (χ0) is 23.6. The lowest BCUT2D eigenvalue weighted by Gasteiger charge is -2.29. The summed E-state index contributed by atoms with van der Waals surface area (Å²) in [7, 11) is 0. The fraction of sp³-hybridized carbons (Fsp3) is 0.417. The molecular formula is C24H28N4O4S. The van der Waals surface area contributed by atoms with E-state index in [4.69, 9.17) is 9.72 Å². The van der Waals surface area contributed by atoms with Crippen molar-refractivity contribution < 1.29 is 19.1 Å². The Bertz CT molecular complexity index is 1120. The second-order valence-corrected chi connectivity index (χ2v) is 9.82. The van der Waals surface area contributed by atoms with Gasteiger partial charge in [0.2, 0.25) is 5.91 Å². The van der Waals surface area contributed by atoms with Crippen molar-refractivity contribution in [1.82, 2.24) is 10.3 Å². The number of carbonyl (C=O) groups excluding carboxylic acids is 3. The fourth-order valence-electron chi connectivity index (χ4n) is 3.99. The molecule has 8 nitrogen and oxygen atoms in total. The second kappa shape index (κ2) is 9.35. The van der Waals surface area contributed by atoms with E-state index in [9.17, 15) is 14.4 Å². The highest BCUT2D eigenvalue weighted by atomic mass is 32.1. The van der Waals surface area contributed by atoms with Crippen molar-refractivity contribution in [1.29, 1.82) is 0 Å². The van der Waals surface area contributed by atoms with Crippen molar-refractivity contribution in [2.75, 3.05) is 23.4 Å². The smallest absolute Gasteiger partial charge is 0.263 e. The van der Waals surface area contributed by atoms with E-state index < -0.39 is 0 Å². The van der Waals surface area contributed by atoms with E-state index in [0.717, 1.165) is 16.5 Å². The Labute approximate surface area is 197 Å². The summed E-state index contributed by atoms with van der Waals surface area (Å²) >= 11 is 1.37. The van der Waals surface area contributed by atoms with Crippen molar-refractivity contribution in [2.45, 2.75) is 52.0 Å². The van der Waals surface area contributed by atoms with Crippen LogP contribution in [0.1, 0.15) is 55.4 Å². The molecule has 4 rings (SSSR count). The molecule has 0 fully saturated rings. The average molecular weight is 469 g/mol. The maximum atomic E-state index is 12.5. The number of aromatic nitrogens is 1. The van der Waals surface area contributed by atoms with Gasteiger partial charge in [-0.1, -0.05) is 17.4 Å². The van der Waals surface area contributed by atoms with Gasteiger partial charge in [0.25, 0.3) is 5.91 Å². The normalized spacial score (nSPS) is 16.6. The number of amides is 2. The van der Waals surface area contributed by atoms with Crippen molar-refractivity contribution in [2.24, 2.45) is 0 Å². The van der Waals surface area contributed by atoms with E-state index in [0.29, 0.717) is 48.7 Å². The van der Waals surface area contributed by atoms with Crippen LogP contribution < -0.4 is 20.3 Å². The first kappa shape index (κ1) is 23.0. The monoisotopic (exact) mass is 468 g/mol. The number of nitrogens with one attached hydrogen (secondary N) is 2. The number of ether oxygens (including phenoxy) is 1. The predicted octanol–water partition coefficient (Wildman–Crippen LogP) is 3.99. The molecule has 9 heteroatoms. The summed E-state index contributed by atoms with van der Waals surface area (Å²) < 4.78 is 5.80. The van der Waals surface area contributed by atoms with Gasteiger partial charge >= 0.3 is 0 Å². The van der Waals surface area contributed by atoms with Crippen molar-refractivity contribution in [3.05, 3.63) is 40.9 Å². The number of hydrogen-bond acceptors (Lipinski definition) is 7. The standard InChI is InChI=1S/C24H28N4O4S/c1-4-6-16(29)7-5-8-20(30)25-15-9-10-19-18(13-15)28(11-12-32-19)23-26-17-14-24(2,3)27-22(31)21(17)33-23/h4,6,9-10,13H,5,7-8,11-12,14H2,1-3H3,(H,25,30)(H,27,31)/b6-4+. The van der Waals surface area contributed by atoms with E-state index in [1.54, 1.807) is 19.1 Å². The maximum Gasteiger partial charge on any atom is 0.263 e. The SMILES string of the molecule is C/C=C/C(=O)CCCC(=O)Nc1ccc2c(c1)N(c1nc3c(s1)C(=O)NC(C)(C)C3)CCO2. The van der Waals surface area contributed by atoms with Crippen LogP contribution in [0.15, 0.2) is 30.4 Å². The summed E-state index contributed by atoms with van der Waals surface area (Å²) in [6.07, 6.45) is 5.02. The van der Waals surface area contributed by atoms with Gasteiger partial charge in [0.1, 0.15) is 17.2 Å². The minimum Gasteiger partial charge on any atom is -0.490 e. The molecule has 174 valence electrons. The highest BCUT2D eigenvalue weighted by Gasteiger charge is 2.34. The first-order valence-corrected chi connectivity index (χ1v) is 11.9. The van der Waals surface area contributed by atoms with Gasteiger partial charge in [0, 0.05) is 30.5 Å². The molecule has 0 radical (unpaired) electrons. The Morgan fingerprint density at radius 3 is 2.94 bits per heavy atom. The number of hydrogen-bond donors (Lipinski definition) is 2. The van der Waals surface area contributed by atoms with Crippen LogP contribution in [0.5, 0.6) is 5.75 Å². The molecule has 0 aliphatic carbocycles. The van der Waals surface area contributed by atoms with Crippen LogP contribution in [0.4, 0.5) is 16.5 Å². The molecule has 0 unspecified atom stereocenters. The molecular weight excluding hydrogens is 440 g/mol. The lowest BCUT2D eigenvalue weighted by atomic mass is 9.94. The molecule has 0 bridgehead atoms. The third-order valence-corrected chi connectivity index (χ3v) is 6.59. The predicted molar refractivity (Wildman–Crippen MR) is 129 cm³/mol. The summed E-state index contributed by atoms with van der Waals surface area (Å²) in [4.78, 5) is 43.9. The second-order valence-electron chi connectivity index (χ2n) is 8.84. The first-order chi connectivity index (χ1) is 15.8. The summed E-state index contributed by atoms with van der Waals surface area (Å²) in [6.45, 7) is 6.87. The van der Waals surface area contributed by atoms with Crippen LogP contribution in [0, 0.1) is 0 Å². The quantitative estimate of drug-likeness (QED) is 0.596. The van der Waals surface area contributed by atoms with Gasteiger partial charge in [-0.3, -0.25) is 14.4 Å². The highest BCUT2D eigenvalue weighted by molar-refractivity contribution is 7.17. The van der Waals surface area contributed by atoms with Gasteiger partial charge in [-0.2, -0.15) is 0 Å². The van der Waals surface area contributed by atoms with Gasteiger partial charge in [-0.05, 0) is 51.5 Å². The lowest BCUT2D eigenvalue weighted by Crippen LogP contribution is -2.48. The summed E-state index contributed by atoms with van der Waals surface area (Å²) in [6, 6.07) is 5.49. The molecule has 3 heterocycles. The third-order valence-electron chi connectivity index (χ3n) is 5.47. The molecule has 2 aromatic rings. The number of thiazole rings is 1. The van der Waals surface area contributed by atoms with Crippen LogP contribution in [0.3, 0.4) is 0 Å². The topological polar surface area (TPSA) is 101 Å². The van der Waals surface area contributed by atoms with Gasteiger partial charge in [0.05, 0.1) is 17.9 Å². The number of nitrogens with zero attached hydrogens (tertiary/aromatic N) is 2. The maximum absolute atomic E-state index is 12.5. The number of allylic oxidation sites excluding steroid dienone is 2. The zero-order valence-corrected chi connectivity index (χ0v) is 19.9. The molecule has 33 heavy (non-hydrogen) atoms. The Morgan fingerprint density at radius 2 is 2.15 bits per heavy atom. The van der Waals surface area contributed by atoms with Crippen LogP contribution >= 0.6 is 11.3 Å². The molecule has 0 spiro atoms. The van der Waals surface area contributed by atoms with Crippen LogP contribution in [-0.2, 0) is 16.0 Å². The highest BCUT2D eigenvalue weighted by Crippen LogP contribution is 2.41. The van der Waals surface area contributed by atoms with E-state index in [1.165, 1.54) is 17.4 Å². The average Bonchev–Trinajstić information content (AvgIpc) is 3.16. The minimum absolute atomic E-state index is 0.0232. The third kappa shape index (κ3) is 5.24. The Hall–Kier alpha value is -3.20. The number of ketones is 1. The molecule has 1 aromatic carbocycles. The van der Waals surface area contributed by atoms with Gasteiger partial charge in [-0.15, -0.1) is 0 Å². The van der Waals surface area contributed by atoms with Gasteiger partial charge < -0.3 is 20.3 Å². The van der Waals surface area contributed by atoms with Crippen molar-refractivity contribution >= 4 is 45.4 Å². The molecule has 2 aliphatic heterocycles. The summed E-state index contributed by atoms with van der Waals surface area (Å²) in [5.41, 5.74) is 1.93. The molecule has 2 N–H and O–H groups in total. The molecule has 1 aromatic heterocycles. The number of benzene rings is 1. The molecule has 2 aliphatic rings. The Kier molecular flexibility index (Phi) is 6.51. The van der Waals surface area contributed by atoms with Gasteiger partial charge in [0.15, 0.2) is 10.9 Å². The Balaban J connectivity index is 1.50. The number of fused-ring (bicyclic) bond motifs is 2. The lowest BCUT2D eigenvalue weighted by molar-refractivity contribution is -0.116. The largest absolute Gasteiger partial charge is 0.490 e. The fourth-order valence-corrected chi connectivity index (χ4v) is 5.01. The summed E-state index contributed by atoms with van der Waals surface area (Å²) in [5, 5.41) is 6.67. The van der Waals surface area contributed by atoms with Crippen LogP contribution in [-0.4, -0.2) is 41.3 Å². The summed E-state index contributed by atoms with van der Waals surface area (Å²) in [5.74, 6) is 0.492. The van der Waals surface area contributed by atoms with Crippen LogP contribution in [0.25, 0.3) is 0 Å². The molecule has 0 atom stereocenters. The number of anilines is 3.